The van der Waals surface area contributed by atoms with E-state index in [9.17, 15) is 9.59 Å². The van der Waals surface area contributed by atoms with E-state index in [0.717, 1.165) is 20.7 Å². The molecule has 1 aromatic carbocycles. The van der Waals surface area contributed by atoms with Crippen molar-refractivity contribution >= 4 is 34.0 Å². The number of carbonyl (C=O) groups is 2. The summed E-state index contributed by atoms with van der Waals surface area (Å²) < 4.78 is 11.2. The van der Waals surface area contributed by atoms with Crippen LogP contribution in [0.1, 0.15) is 51.7 Å². The summed E-state index contributed by atoms with van der Waals surface area (Å²) in [6.07, 6.45) is 0.352. The zero-order chi connectivity index (χ0) is 19.6. The van der Waals surface area contributed by atoms with Gasteiger partial charge >= 0.3 is 0 Å². The molecule has 5 nitrogen and oxygen atoms in total. The lowest BCUT2D eigenvalue weighted by Crippen LogP contribution is -2.26. The highest BCUT2D eigenvalue weighted by Gasteiger charge is 2.18. The molecule has 2 aromatic heterocycles. The molecule has 3 rings (SSSR count). The van der Waals surface area contributed by atoms with E-state index in [0.29, 0.717) is 17.1 Å². The van der Waals surface area contributed by atoms with E-state index in [-0.39, 0.29) is 30.6 Å². The van der Waals surface area contributed by atoms with Gasteiger partial charge in [0.2, 0.25) is 5.91 Å². The predicted octanol–water partition coefficient (Wildman–Crippen LogP) is 4.96. The third-order valence-corrected chi connectivity index (χ3v) is 5.44. The highest BCUT2D eigenvalue weighted by molar-refractivity contribution is 7.12. The lowest BCUT2D eigenvalue weighted by Gasteiger charge is -2.11. The Bertz CT molecular complexity index is 985. The Morgan fingerprint density at radius 2 is 2.00 bits per heavy atom. The van der Waals surface area contributed by atoms with Crippen molar-refractivity contribution in [2.24, 2.45) is 0 Å². The standard InChI is InChI=1S/C21H23NO4S/c1-12-10-16(14(3)27-12)17(23)8-9-20(24)22-13(2)19-11-15-6-5-7-18(25-4)21(15)26-19/h5-7,10-11,13H,8-9H2,1-4H3,(H,22,24). The number of Topliss-reactive ketones (excluding diaryl/α,β-unsaturated/α-hetero) is 1. The SMILES string of the molecule is COc1cccc2cc(C(C)NC(=O)CCC(=O)c3cc(C)sc3C)oc12. The van der Waals surface area contributed by atoms with Gasteiger partial charge in [0.25, 0.3) is 0 Å². The first-order valence-corrected chi connectivity index (χ1v) is 9.66. The molecular formula is C21H23NO4S. The van der Waals surface area contributed by atoms with Crippen LogP contribution in [-0.4, -0.2) is 18.8 Å². The number of thiophene rings is 1. The maximum Gasteiger partial charge on any atom is 0.221 e. The second-order valence-electron chi connectivity index (χ2n) is 6.57. The van der Waals surface area contributed by atoms with E-state index < -0.39 is 0 Å². The monoisotopic (exact) mass is 385 g/mol. The molecule has 27 heavy (non-hydrogen) atoms. The van der Waals surface area contributed by atoms with Crippen LogP contribution in [0.3, 0.4) is 0 Å². The molecular weight excluding hydrogens is 362 g/mol. The van der Waals surface area contributed by atoms with Crippen molar-refractivity contribution in [2.75, 3.05) is 7.11 Å². The summed E-state index contributed by atoms with van der Waals surface area (Å²) >= 11 is 1.60. The van der Waals surface area contributed by atoms with Crippen molar-refractivity contribution in [3.05, 3.63) is 51.4 Å². The summed E-state index contributed by atoms with van der Waals surface area (Å²) in [4.78, 5) is 26.7. The average Bonchev–Trinajstić information content (AvgIpc) is 3.22. The Morgan fingerprint density at radius 1 is 1.22 bits per heavy atom. The number of aryl methyl sites for hydroxylation is 2. The number of rotatable bonds is 7. The molecule has 2 heterocycles. The predicted molar refractivity (Wildman–Crippen MR) is 107 cm³/mol. The molecule has 0 spiro atoms. The molecule has 0 radical (unpaired) electrons. The van der Waals surface area contributed by atoms with E-state index in [4.69, 9.17) is 9.15 Å². The van der Waals surface area contributed by atoms with Crippen LogP contribution < -0.4 is 10.1 Å². The van der Waals surface area contributed by atoms with Gasteiger partial charge in [0.05, 0.1) is 13.2 Å². The number of fused-ring (bicyclic) bond motifs is 1. The highest BCUT2D eigenvalue weighted by atomic mass is 32.1. The molecule has 3 aromatic rings. The van der Waals surface area contributed by atoms with E-state index in [2.05, 4.69) is 5.32 Å². The first-order valence-electron chi connectivity index (χ1n) is 8.85. The average molecular weight is 385 g/mol. The van der Waals surface area contributed by atoms with Gasteiger partial charge in [0.1, 0.15) is 5.76 Å². The molecule has 1 amide bonds. The topological polar surface area (TPSA) is 68.5 Å². The minimum atomic E-state index is -0.296. The van der Waals surface area contributed by atoms with Gasteiger partial charge in [-0.15, -0.1) is 11.3 Å². The van der Waals surface area contributed by atoms with E-state index in [1.54, 1.807) is 18.4 Å². The number of carbonyl (C=O) groups excluding carboxylic acids is 2. The summed E-state index contributed by atoms with van der Waals surface area (Å²) in [5.41, 5.74) is 1.39. The number of hydrogen-bond donors (Lipinski definition) is 1. The smallest absolute Gasteiger partial charge is 0.221 e. The van der Waals surface area contributed by atoms with E-state index in [1.165, 1.54) is 0 Å². The number of hydrogen-bond acceptors (Lipinski definition) is 5. The molecule has 0 bridgehead atoms. The van der Waals surface area contributed by atoms with Crippen molar-refractivity contribution < 1.29 is 18.7 Å². The minimum Gasteiger partial charge on any atom is -0.493 e. The van der Waals surface area contributed by atoms with Gasteiger partial charge in [-0.05, 0) is 39.0 Å². The third kappa shape index (κ3) is 4.22. The van der Waals surface area contributed by atoms with Crippen LogP contribution in [0.15, 0.2) is 34.7 Å². The molecule has 1 atom stereocenters. The molecule has 0 saturated heterocycles. The van der Waals surface area contributed by atoms with Crippen LogP contribution in [0, 0.1) is 13.8 Å². The van der Waals surface area contributed by atoms with Crippen molar-refractivity contribution in [1.29, 1.82) is 0 Å². The van der Waals surface area contributed by atoms with E-state index >= 15 is 0 Å². The number of para-hydroxylation sites is 1. The minimum absolute atomic E-state index is 0.00752. The summed E-state index contributed by atoms with van der Waals surface area (Å²) in [5.74, 6) is 1.14. The van der Waals surface area contributed by atoms with Gasteiger partial charge in [-0.2, -0.15) is 0 Å². The molecule has 0 aliphatic heterocycles. The highest BCUT2D eigenvalue weighted by Crippen LogP contribution is 2.31. The Kier molecular flexibility index (Phi) is 5.65. The lowest BCUT2D eigenvalue weighted by molar-refractivity contribution is -0.121. The summed E-state index contributed by atoms with van der Waals surface area (Å²) in [6, 6.07) is 9.15. The van der Waals surface area contributed by atoms with Gasteiger partial charge in [0.15, 0.2) is 17.1 Å². The zero-order valence-corrected chi connectivity index (χ0v) is 16.7. The van der Waals surface area contributed by atoms with Crippen LogP contribution in [-0.2, 0) is 4.79 Å². The maximum absolute atomic E-state index is 12.3. The molecule has 0 saturated carbocycles. The molecule has 0 aliphatic rings. The maximum atomic E-state index is 12.3. The second kappa shape index (κ2) is 7.96. The summed E-state index contributed by atoms with van der Waals surface area (Å²) in [5, 5.41) is 3.82. The fraction of sp³-hybridized carbons (Fsp3) is 0.333. The number of methoxy groups -OCH3 is 1. The van der Waals surface area contributed by atoms with Crippen molar-refractivity contribution in [2.45, 2.75) is 39.7 Å². The first-order chi connectivity index (χ1) is 12.9. The van der Waals surface area contributed by atoms with E-state index in [1.807, 2.05) is 51.1 Å². The van der Waals surface area contributed by atoms with Crippen LogP contribution in [0.2, 0.25) is 0 Å². The largest absolute Gasteiger partial charge is 0.493 e. The fourth-order valence-electron chi connectivity index (χ4n) is 3.08. The Hall–Kier alpha value is -2.60. The van der Waals surface area contributed by atoms with Crippen molar-refractivity contribution in [3.8, 4) is 5.75 Å². The quantitative estimate of drug-likeness (QED) is 0.584. The van der Waals surface area contributed by atoms with Crippen molar-refractivity contribution in [1.82, 2.24) is 5.32 Å². The Morgan fingerprint density at radius 3 is 2.67 bits per heavy atom. The fourth-order valence-corrected chi connectivity index (χ4v) is 4.03. The zero-order valence-electron chi connectivity index (χ0n) is 15.9. The molecule has 0 aliphatic carbocycles. The van der Waals surface area contributed by atoms with Crippen molar-refractivity contribution in [3.63, 3.8) is 0 Å². The summed E-state index contributed by atoms with van der Waals surface area (Å²) in [7, 11) is 1.59. The number of nitrogens with one attached hydrogen (secondary N) is 1. The normalized spacial score (nSPS) is 12.1. The van der Waals surface area contributed by atoms with Gasteiger partial charge in [-0.1, -0.05) is 12.1 Å². The Labute approximate surface area is 162 Å². The number of ketones is 1. The number of benzene rings is 1. The van der Waals surface area contributed by atoms with Crippen LogP contribution in [0.5, 0.6) is 5.75 Å². The number of ether oxygens (including phenoxy) is 1. The Balaban J connectivity index is 1.60. The molecule has 0 fully saturated rings. The second-order valence-corrected chi connectivity index (χ2v) is 8.03. The molecule has 142 valence electrons. The van der Waals surface area contributed by atoms with Crippen LogP contribution >= 0.6 is 11.3 Å². The van der Waals surface area contributed by atoms with Gasteiger partial charge in [0, 0.05) is 33.5 Å². The molecule has 1 N–H and O–H groups in total. The van der Waals surface area contributed by atoms with Gasteiger partial charge < -0.3 is 14.5 Å². The molecule has 6 heteroatoms. The summed E-state index contributed by atoms with van der Waals surface area (Å²) in [6.45, 7) is 5.77. The lowest BCUT2D eigenvalue weighted by atomic mass is 10.1. The van der Waals surface area contributed by atoms with Gasteiger partial charge in [-0.3, -0.25) is 9.59 Å². The van der Waals surface area contributed by atoms with Crippen LogP contribution in [0.25, 0.3) is 11.0 Å². The van der Waals surface area contributed by atoms with Gasteiger partial charge in [-0.25, -0.2) is 0 Å². The third-order valence-electron chi connectivity index (χ3n) is 4.47. The number of furan rings is 1. The molecule has 1 unspecified atom stereocenters. The van der Waals surface area contributed by atoms with Crippen LogP contribution in [0.4, 0.5) is 0 Å². The first kappa shape index (κ1) is 19.2. The number of amides is 1.